The molecule has 0 unspecified atom stereocenters. The van der Waals surface area contributed by atoms with E-state index in [1.54, 1.807) is 13.8 Å². The van der Waals surface area contributed by atoms with Gasteiger partial charge in [0.1, 0.15) is 17.7 Å². The van der Waals surface area contributed by atoms with E-state index in [2.05, 4.69) is 4.72 Å². The number of sulfonamides is 2. The topological polar surface area (TPSA) is 143 Å². The summed E-state index contributed by atoms with van der Waals surface area (Å²) in [5.74, 6) is -1.17. The van der Waals surface area contributed by atoms with Crippen molar-refractivity contribution in [1.29, 1.82) is 0 Å². The summed E-state index contributed by atoms with van der Waals surface area (Å²) in [5, 5.41) is 9.90. The number of hydrogen-bond donors (Lipinski definition) is 2. The molecule has 0 fully saturated rings. The molecule has 2 N–H and O–H groups in total. The Morgan fingerprint density at radius 3 is 2.30 bits per heavy atom. The van der Waals surface area contributed by atoms with E-state index in [1.807, 2.05) is 0 Å². The van der Waals surface area contributed by atoms with Crippen molar-refractivity contribution in [3.8, 4) is 11.5 Å². The molecule has 43 heavy (non-hydrogen) atoms. The molecule has 0 aromatic heterocycles. The van der Waals surface area contributed by atoms with E-state index in [9.17, 15) is 31.1 Å². The van der Waals surface area contributed by atoms with Gasteiger partial charge >= 0.3 is 0 Å². The van der Waals surface area contributed by atoms with Gasteiger partial charge in [-0.2, -0.15) is 4.31 Å². The number of carbonyl (C=O) groups is 1. The quantitative estimate of drug-likeness (QED) is 0.346. The lowest BCUT2D eigenvalue weighted by Crippen LogP contribution is -2.50. The molecule has 4 rings (SSSR count). The zero-order valence-electron chi connectivity index (χ0n) is 24.1. The first kappa shape index (κ1) is 32.2. The molecular formula is C29H34FN3O8S2. The predicted octanol–water partition coefficient (Wildman–Crippen LogP) is 3.18. The number of amides is 1. The van der Waals surface area contributed by atoms with Crippen molar-refractivity contribution in [3.63, 3.8) is 0 Å². The highest BCUT2D eigenvalue weighted by Gasteiger charge is 2.36. The largest absolute Gasteiger partial charge is 0.497 e. The van der Waals surface area contributed by atoms with Gasteiger partial charge in [-0.1, -0.05) is 13.0 Å². The van der Waals surface area contributed by atoms with E-state index >= 15 is 0 Å². The number of halogens is 1. The Hall–Kier alpha value is -3.72. The molecule has 14 heteroatoms. The van der Waals surface area contributed by atoms with Gasteiger partial charge in [0.05, 0.1) is 47.3 Å². The van der Waals surface area contributed by atoms with Crippen molar-refractivity contribution in [1.82, 2.24) is 9.21 Å². The number of para-hydroxylation sites is 1. The predicted molar refractivity (Wildman–Crippen MR) is 158 cm³/mol. The molecular weight excluding hydrogens is 601 g/mol. The SMILES string of the molecule is COc1ccc(S(=O)(=O)N(C)C[C@@H]2Oc3c(NS(=O)(=O)c4ccc(F)cc4)cccc3C(=O)N([C@H](C)CO)C[C@@H]2C)cc1. The summed E-state index contributed by atoms with van der Waals surface area (Å²) in [6.45, 7) is 3.10. The fourth-order valence-electron chi connectivity index (χ4n) is 4.64. The van der Waals surface area contributed by atoms with Crippen LogP contribution in [0.25, 0.3) is 0 Å². The smallest absolute Gasteiger partial charge is 0.262 e. The van der Waals surface area contributed by atoms with Crippen LogP contribution in [0.4, 0.5) is 10.1 Å². The highest BCUT2D eigenvalue weighted by molar-refractivity contribution is 7.92. The molecule has 1 heterocycles. The number of aliphatic hydroxyl groups excluding tert-OH is 1. The Balaban J connectivity index is 1.74. The highest BCUT2D eigenvalue weighted by atomic mass is 32.2. The van der Waals surface area contributed by atoms with E-state index in [0.717, 1.165) is 28.6 Å². The number of ether oxygens (including phenoxy) is 2. The van der Waals surface area contributed by atoms with Crippen molar-refractivity contribution < 1.29 is 40.6 Å². The molecule has 0 saturated heterocycles. The Bertz CT molecular complexity index is 1670. The normalized spacial score (nSPS) is 18.3. The van der Waals surface area contributed by atoms with Crippen molar-refractivity contribution in [2.45, 2.75) is 35.8 Å². The Morgan fingerprint density at radius 1 is 1.07 bits per heavy atom. The summed E-state index contributed by atoms with van der Waals surface area (Å²) in [6, 6.07) is 13.9. The fraction of sp³-hybridized carbons (Fsp3) is 0.345. The van der Waals surface area contributed by atoms with Gasteiger partial charge in [-0.05, 0) is 67.6 Å². The number of hydrogen-bond acceptors (Lipinski definition) is 8. The molecule has 232 valence electrons. The number of fused-ring (bicyclic) bond motifs is 1. The molecule has 0 spiro atoms. The average molecular weight is 636 g/mol. The minimum absolute atomic E-state index is 0.0252. The molecule has 1 amide bonds. The van der Waals surface area contributed by atoms with Crippen LogP contribution in [-0.2, 0) is 20.0 Å². The van der Waals surface area contributed by atoms with Gasteiger partial charge in [-0.25, -0.2) is 21.2 Å². The van der Waals surface area contributed by atoms with Gasteiger partial charge in [0.2, 0.25) is 10.0 Å². The molecule has 0 aliphatic carbocycles. The third kappa shape index (κ3) is 6.93. The first-order valence-electron chi connectivity index (χ1n) is 13.4. The van der Waals surface area contributed by atoms with E-state index < -0.39 is 49.8 Å². The summed E-state index contributed by atoms with van der Waals surface area (Å²) in [4.78, 5) is 15.0. The number of carbonyl (C=O) groups excluding carboxylic acids is 1. The molecule has 0 radical (unpaired) electrons. The van der Waals surface area contributed by atoms with Gasteiger partial charge in [-0.3, -0.25) is 9.52 Å². The lowest BCUT2D eigenvalue weighted by Gasteiger charge is -2.38. The minimum atomic E-state index is -4.23. The van der Waals surface area contributed by atoms with Crippen molar-refractivity contribution >= 4 is 31.6 Å². The lowest BCUT2D eigenvalue weighted by atomic mass is 9.99. The van der Waals surface area contributed by atoms with Crippen LogP contribution < -0.4 is 14.2 Å². The molecule has 1 aliphatic rings. The van der Waals surface area contributed by atoms with Gasteiger partial charge in [-0.15, -0.1) is 0 Å². The highest BCUT2D eigenvalue weighted by Crippen LogP contribution is 2.36. The van der Waals surface area contributed by atoms with E-state index in [0.29, 0.717) is 5.75 Å². The van der Waals surface area contributed by atoms with Gasteiger partial charge in [0.25, 0.3) is 15.9 Å². The number of likely N-dealkylation sites (N-methyl/N-ethyl adjacent to an activating group) is 1. The molecule has 3 aromatic carbocycles. The van der Waals surface area contributed by atoms with Crippen LogP contribution in [-0.4, -0.2) is 83.1 Å². The van der Waals surface area contributed by atoms with E-state index in [1.165, 1.54) is 61.5 Å². The van der Waals surface area contributed by atoms with Crippen LogP contribution in [0.5, 0.6) is 11.5 Å². The summed E-state index contributed by atoms with van der Waals surface area (Å²) < 4.78 is 81.7. The number of methoxy groups -OCH3 is 1. The average Bonchev–Trinajstić information content (AvgIpc) is 2.98. The fourth-order valence-corrected chi connectivity index (χ4v) is 6.88. The minimum Gasteiger partial charge on any atom is -0.497 e. The molecule has 11 nitrogen and oxygen atoms in total. The van der Waals surface area contributed by atoms with Crippen LogP contribution in [0.2, 0.25) is 0 Å². The van der Waals surface area contributed by atoms with Crippen LogP contribution in [0.1, 0.15) is 24.2 Å². The number of anilines is 1. The monoisotopic (exact) mass is 635 g/mol. The second kappa shape index (κ2) is 12.9. The number of nitrogens with one attached hydrogen (secondary N) is 1. The molecule has 3 aromatic rings. The van der Waals surface area contributed by atoms with Crippen LogP contribution in [0, 0.1) is 11.7 Å². The second-order valence-corrected chi connectivity index (χ2v) is 14.1. The van der Waals surface area contributed by atoms with Crippen LogP contribution in [0.15, 0.2) is 76.5 Å². The first-order chi connectivity index (χ1) is 20.3. The second-order valence-electron chi connectivity index (χ2n) is 10.3. The number of nitrogens with zero attached hydrogens (tertiary/aromatic N) is 2. The van der Waals surface area contributed by atoms with Crippen LogP contribution in [0.3, 0.4) is 0 Å². The Morgan fingerprint density at radius 2 is 1.70 bits per heavy atom. The third-order valence-corrected chi connectivity index (χ3v) is 10.5. The first-order valence-corrected chi connectivity index (χ1v) is 16.3. The summed E-state index contributed by atoms with van der Waals surface area (Å²) in [7, 11) is -5.33. The van der Waals surface area contributed by atoms with Gasteiger partial charge in [0.15, 0.2) is 5.75 Å². The Kier molecular flexibility index (Phi) is 9.64. The van der Waals surface area contributed by atoms with Crippen molar-refractivity contribution in [2.75, 3.05) is 38.6 Å². The Labute approximate surface area is 250 Å². The number of benzene rings is 3. The summed E-state index contributed by atoms with van der Waals surface area (Å²) >= 11 is 0. The number of rotatable bonds is 10. The van der Waals surface area contributed by atoms with E-state index in [-0.39, 0.29) is 46.5 Å². The molecule has 3 atom stereocenters. The number of aliphatic hydroxyl groups is 1. The molecule has 0 bridgehead atoms. The zero-order valence-corrected chi connectivity index (χ0v) is 25.7. The van der Waals surface area contributed by atoms with Gasteiger partial charge in [0, 0.05) is 19.5 Å². The van der Waals surface area contributed by atoms with Crippen molar-refractivity contribution in [2.24, 2.45) is 5.92 Å². The summed E-state index contributed by atoms with van der Waals surface area (Å²) in [6.07, 6.45) is -0.852. The molecule has 1 aliphatic heterocycles. The zero-order chi connectivity index (χ0) is 31.5. The maximum atomic E-state index is 13.7. The lowest BCUT2D eigenvalue weighted by molar-refractivity contribution is 0.0389. The maximum absolute atomic E-state index is 13.7. The van der Waals surface area contributed by atoms with Crippen molar-refractivity contribution in [3.05, 3.63) is 78.1 Å². The summed E-state index contributed by atoms with van der Waals surface area (Å²) in [5.41, 5.74) is -0.0382. The van der Waals surface area contributed by atoms with Gasteiger partial charge < -0.3 is 19.5 Å². The standard InChI is InChI=1S/C29H34FN3O8S2/c1-19-16-33(20(2)18-34)29(35)25-6-5-7-26(31-42(36,37)23-12-8-21(30)9-13-23)28(25)41-27(19)17-32(3)43(38,39)24-14-10-22(40-4)11-15-24/h5-15,19-20,27,31,34H,16-18H2,1-4H3/t19-,20+,27-/m0/s1. The third-order valence-electron chi connectivity index (χ3n) is 7.26. The molecule has 0 saturated carbocycles. The maximum Gasteiger partial charge on any atom is 0.262 e. The van der Waals surface area contributed by atoms with E-state index in [4.69, 9.17) is 9.47 Å². The van der Waals surface area contributed by atoms with Crippen LogP contribution >= 0.6 is 0 Å².